The number of hydrogen-bond acceptors (Lipinski definition) is 3. The molecule has 18 heavy (non-hydrogen) atoms. The summed E-state index contributed by atoms with van der Waals surface area (Å²) < 4.78 is 5.49. The summed E-state index contributed by atoms with van der Waals surface area (Å²) >= 11 is 0. The Kier molecular flexibility index (Phi) is 5.17. The zero-order valence-corrected chi connectivity index (χ0v) is 12.2. The highest BCUT2D eigenvalue weighted by Crippen LogP contribution is 2.39. The van der Waals surface area contributed by atoms with Crippen LogP contribution in [0, 0.1) is 12.3 Å². The molecular formula is C15H26N2O. The molecule has 1 aromatic carbocycles. The summed E-state index contributed by atoms with van der Waals surface area (Å²) in [7, 11) is 3.71. The Balaban J connectivity index is 3.19. The van der Waals surface area contributed by atoms with Crippen molar-refractivity contribution in [3.05, 3.63) is 29.3 Å². The summed E-state index contributed by atoms with van der Waals surface area (Å²) in [5.41, 5.74) is 8.27. The van der Waals surface area contributed by atoms with Gasteiger partial charge in [0.05, 0.1) is 7.11 Å². The SMILES string of the molecule is CNC(c1cc(C)ccc1OC)C(C)(C)CCN. The summed E-state index contributed by atoms with van der Waals surface area (Å²) in [6, 6.07) is 6.53. The Labute approximate surface area is 111 Å². The fourth-order valence-electron chi connectivity index (χ4n) is 2.56. The van der Waals surface area contributed by atoms with Crippen LogP contribution in [0.2, 0.25) is 0 Å². The molecule has 3 N–H and O–H groups in total. The second-order valence-electron chi connectivity index (χ2n) is 5.49. The Bertz CT molecular complexity index is 388. The van der Waals surface area contributed by atoms with Crippen LogP contribution in [0.15, 0.2) is 18.2 Å². The van der Waals surface area contributed by atoms with Crippen LogP contribution in [-0.2, 0) is 0 Å². The molecule has 0 aliphatic carbocycles. The monoisotopic (exact) mass is 250 g/mol. The molecule has 0 aromatic heterocycles. The average Bonchev–Trinajstić information content (AvgIpc) is 2.29. The first-order valence-electron chi connectivity index (χ1n) is 6.48. The molecule has 0 aliphatic heterocycles. The zero-order chi connectivity index (χ0) is 13.8. The van der Waals surface area contributed by atoms with Gasteiger partial charge in [-0.05, 0) is 38.4 Å². The normalized spacial score (nSPS) is 13.4. The lowest BCUT2D eigenvalue weighted by Crippen LogP contribution is -2.34. The number of nitrogens with one attached hydrogen (secondary N) is 1. The maximum Gasteiger partial charge on any atom is 0.123 e. The van der Waals surface area contributed by atoms with Gasteiger partial charge in [-0.2, -0.15) is 0 Å². The number of hydrogen-bond donors (Lipinski definition) is 2. The van der Waals surface area contributed by atoms with Crippen LogP contribution in [0.4, 0.5) is 0 Å². The molecule has 3 nitrogen and oxygen atoms in total. The van der Waals surface area contributed by atoms with Crippen molar-refractivity contribution in [1.82, 2.24) is 5.32 Å². The van der Waals surface area contributed by atoms with E-state index in [1.165, 1.54) is 11.1 Å². The molecule has 102 valence electrons. The Hall–Kier alpha value is -1.06. The number of methoxy groups -OCH3 is 1. The van der Waals surface area contributed by atoms with Gasteiger partial charge in [-0.1, -0.05) is 31.5 Å². The van der Waals surface area contributed by atoms with Crippen LogP contribution in [0.3, 0.4) is 0 Å². The van der Waals surface area contributed by atoms with E-state index in [2.05, 4.69) is 38.2 Å². The second-order valence-corrected chi connectivity index (χ2v) is 5.49. The Morgan fingerprint density at radius 2 is 2.06 bits per heavy atom. The highest BCUT2D eigenvalue weighted by Gasteiger charge is 2.30. The zero-order valence-electron chi connectivity index (χ0n) is 12.2. The fourth-order valence-corrected chi connectivity index (χ4v) is 2.56. The van der Waals surface area contributed by atoms with Crippen LogP contribution in [-0.4, -0.2) is 20.7 Å². The van der Waals surface area contributed by atoms with Crippen molar-refractivity contribution < 1.29 is 4.74 Å². The third kappa shape index (κ3) is 3.24. The van der Waals surface area contributed by atoms with Gasteiger partial charge >= 0.3 is 0 Å². The average molecular weight is 250 g/mol. The quantitative estimate of drug-likeness (QED) is 0.816. The van der Waals surface area contributed by atoms with E-state index in [-0.39, 0.29) is 11.5 Å². The van der Waals surface area contributed by atoms with E-state index in [4.69, 9.17) is 10.5 Å². The number of aryl methyl sites for hydroxylation is 1. The predicted molar refractivity (Wildman–Crippen MR) is 77.0 cm³/mol. The van der Waals surface area contributed by atoms with Crippen molar-refractivity contribution in [2.75, 3.05) is 20.7 Å². The highest BCUT2D eigenvalue weighted by atomic mass is 16.5. The molecule has 0 aliphatic rings. The van der Waals surface area contributed by atoms with Gasteiger partial charge in [0.1, 0.15) is 5.75 Å². The van der Waals surface area contributed by atoms with Crippen molar-refractivity contribution in [2.45, 2.75) is 33.2 Å². The molecule has 0 saturated heterocycles. The van der Waals surface area contributed by atoms with Gasteiger partial charge in [0.15, 0.2) is 0 Å². The highest BCUT2D eigenvalue weighted by molar-refractivity contribution is 5.40. The summed E-state index contributed by atoms with van der Waals surface area (Å²) in [5, 5.41) is 3.41. The van der Waals surface area contributed by atoms with Crippen molar-refractivity contribution >= 4 is 0 Å². The molecule has 0 heterocycles. The van der Waals surface area contributed by atoms with Gasteiger partial charge in [0.25, 0.3) is 0 Å². The minimum absolute atomic E-state index is 0.0879. The third-order valence-corrected chi connectivity index (χ3v) is 3.56. The molecule has 1 unspecified atom stereocenters. The van der Waals surface area contributed by atoms with Crippen molar-refractivity contribution in [3.63, 3.8) is 0 Å². The van der Waals surface area contributed by atoms with Gasteiger partial charge in [-0.3, -0.25) is 0 Å². The standard InChI is InChI=1S/C15H26N2O/c1-11-6-7-13(18-5)12(10-11)14(17-4)15(2,3)8-9-16/h6-7,10,14,17H,8-9,16H2,1-5H3. The largest absolute Gasteiger partial charge is 0.496 e. The molecule has 0 radical (unpaired) electrons. The lowest BCUT2D eigenvalue weighted by atomic mass is 9.77. The lowest BCUT2D eigenvalue weighted by Gasteiger charge is -2.35. The van der Waals surface area contributed by atoms with Gasteiger partial charge in [-0.25, -0.2) is 0 Å². The van der Waals surface area contributed by atoms with Crippen LogP contribution in [0.5, 0.6) is 5.75 Å². The predicted octanol–water partition coefficient (Wildman–Crippen LogP) is 2.64. The van der Waals surface area contributed by atoms with Crippen molar-refractivity contribution in [2.24, 2.45) is 11.1 Å². The molecule has 0 fully saturated rings. The first-order valence-corrected chi connectivity index (χ1v) is 6.48. The number of ether oxygens (including phenoxy) is 1. The molecule has 0 spiro atoms. The number of rotatable bonds is 6. The van der Waals surface area contributed by atoms with Gasteiger partial charge < -0.3 is 15.8 Å². The van der Waals surface area contributed by atoms with Gasteiger partial charge in [0, 0.05) is 11.6 Å². The molecule has 1 aromatic rings. The Morgan fingerprint density at radius 1 is 1.39 bits per heavy atom. The van der Waals surface area contributed by atoms with Crippen molar-refractivity contribution in [1.29, 1.82) is 0 Å². The maximum absolute atomic E-state index is 5.73. The summed E-state index contributed by atoms with van der Waals surface area (Å²) in [6.45, 7) is 7.27. The van der Waals surface area contributed by atoms with Crippen LogP contribution in [0.1, 0.15) is 37.4 Å². The van der Waals surface area contributed by atoms with E-state index in [1.54, 1.807) is 7.11 Å². The number of nitrogens with two attached hydrogens (primary N) is 1. The topological polar surface area (TPSA) is 47.3 Å². The van der Waals surface area contributed by atoms with E-state index in [0.29, 0.717) is 6.54 Å². The third-order valence-electron chi connectivity index (χ3n) is 3.56. The summed E-state index contributed by atoms with van der Waals surface area (Å²) in [5.74, 6) is 0.935. The van der Waals surface area contributed by atoms with Gasteiger partial charge in [0.2, 0.25) is 0 Å². The molecule has 1 atom stereocenters. The van der Waals surface area contributed by atoms with Crippen LogP contribution < -0.4 is 15.8 Å². The maximum atomic E-state index is 5.73. The smallest absolute Gasteiger partial charge is 0.123 e. The van der Waals surface area contributed by atoms with E-state index in [0.717, 1.165) is 12.2 Å². The second kappa shape index (κ2) is 6.21. The van der Waals surface area contributed by atoms with Crippen molar-refractivity contribution in [3.8, 4) is 5.75 Å². The van der Waals surface area contributed by atoms with Gasteiger partial charge in [-0.15, -0.1) is 0 Å². The van der Waals surface area contributed by atoms with Crippen LogP contribution in [0.25, 0.3) is 0 Å². The molecule has 0 saturated carbocycles. The minimum atomic E-state index is 0.0879. The van der Waals surface area contributed by atoms with E-state index >= 15 is 0 Å². The first-order chi connectivity index (χ1) is 8.46. The molecule has 0 bridgehead atoms. The molecule has 0 amide bonds. The molecule has 1 rings (SSSR count). The molecule has 3 heteroatoms. The lowest BCUT2D eigenvalue weighted by molar-refractivity contribution is 0.234. The van der Waals surface area contributed by atoms with E-state index in [9.17, 15) is 0 Å². The fraction of sp³-hybridized carbons (Fsp3) is 0.600. The van der Waals surface area contributed by atoms with E-state index < -0.39 is 0 Å². The van der Waals surface area contributed by atoms with Crippen LogP contribution >= 0.6 is 0 Å². The molecular weight excluding hydrogens is 224 g/mol. The first kappa shape index (κ1) is 15.0. The Morgan fingerprint density at radius 3 is 2.56 bits per heavy atom. The summed E-state index contributed by atoms with van der Waals surface area (Å²) in [6.07, 6.45) is 0.968. The van der Waals surface area contributed by atoms with E-state index in [1.807, 2.05) is 13.1 Å². The summed E-state index contributed by atoms with van der Waals surface area (Å²) in [4.78, 5) is 0. The number of benzene rings is 1. The minimum Gasteiger partial charge on any atom is -0.496 e.